The fourth-order valence-corrected chi connectivity index (χ4v) is 3.16. The van der Waals surface area contributed by atoms with Crippen LogP contribution in [0.3, 0.4) is 0 Å². The lowest BCUT2D eigenvalue weighted by Gasteiger charge is -2.25. The van der Waals surface area contributed by atoms with Gasteiger partial charge in [-0.15, -0.1) is 0 Å². The van der Waals surface area contributed by atoms with Crippen LogP contribution in [0.5, 0.6) is 5.75 Å². The predicted octanol–water partition coefficient (Wildman–Crippen LogP) is 1.19. The van der Waals surface area contributed by atoms with Gasteiger partial charge in [0.25, 0.3) is 17.0 Å². The zero-order valence-electron chi connectivity index (χ0n) is 19.9. The molecule has 1 aromatic heterocycles. The lowest BCUT2D eigenvalue weighted by atomic mass is 10.0. The number of hydrogen-bond acceptors (Lipinski definition) is 7. The summed E-state index contributed by atoms with van der Waals surface area (Å²) in [5.74, 6) is -1.34. The topological polar surface area (TPSA) is 149 Å². The number of nitrogens with one attached hydrogen (secondary N) is 4. The number of amides is 2. The second-order valence-electron chi connectivity index (χ2n) is 8.61. The summed E-state index contributed by atoms with van der Waals surface area (Å²) < 4.78 is 0.999. The maximum Gasteiger partial charge on any atom is 0.290 e. The van der Waals surface area contributed by atoms with Crippen LogP contribution in [0.2, 0.25) is 0 Å². The van der Waals surface area contributed by atoms with Crippen LogP contribution in [0.25, 0.3) is 0 Å². The summed E-state index contributed by atoms with van der Waals surface area (Å²) in [5.41, 5.74) is -1.49. The van der Waals surface area contributed by atoms with Crippen molar-refractivity contribution in [1.29, 1.82) is 0 Å². The third-order valence-electron chi connectivity index (χ3n) is 4.88. The first-order valence-electron chi connectivity index (χ1n) is 10.6. The first kappa shape index (κ1) is 25.5. The second-order valence-corrected chi connectivity index (χ2v) is 8.61. The molecule has 0 aliphatic rings. The van der Waals surface area contributed by atoms with E-state index in [1.807, 2.05) is 27.7 Å². The monoisotopic (exact) mass is 460 g/mol. The minimum Gasteiger partial charge on any atom is -0.505 e. The molecule has 2 rings (SSSR count). The van der Waals surface area contributed by atoms with E-state index in [0.29, 0.717) is 0 Å². The molecule has 180 valence electrons. The number of aromatic nitrogens is 2. The number of aromatic hydroxyl groups is 1. The summed E-state index contributed by atoms with van der Waals surface area (Å²) in [6.45, 7) is 7.26. The van der Waals surface area contributed by atoms with Gasteiger partial charge in [0.1, 0.15) is 17.4 Å². The Bertz CT molecular complexity index is 1150. The molecule has 0 unspecified atom stereocenters. The number of anilines is 3. The van der Waals surface area contributed by atoms with E-state index in [-0.39, 0.29) is 46.2 Å². The van der Waals surface area contributed by atoms with Crippen molar-refractivity contribution in [3.8, 4) is 5.75 Å². The normalized spacial score (nSPS) is 11.9. The summed E-state index contributed by atoms with van der Waals surface area (Å²) in [6.07, 6.45) is 0. The Labute approximate surface area is 191 Å². The number of phenols is 1. The van der Waals surface area contributed by atoms with Gasteiger partial charge in [0.15, 0.2) is 5.75 Å². The van der Waals surface area contributed by atoms with Gasteiger partial charge in [-0.25, -0.2) is 0 Å². The summed E-state index contributed by atoms with van der Waals surface area (Å²) >= 11 is 0. The average molecular weight is 461 g/mol. The van der Waals surface area contributed by atoms with Gasteiger partial charge >= 0.3 is 0 Å². The minimum absolute atomic E-state index is 0.0242. The molecule has 0 saturated carbocycles. The van der Waals surface area contributed by atoms with Crippen molar-refractivity contribution in [3.63, 3.8) is 0 Å². The molecule has 33 heavy (non-hydrogen) atoms. The lowest BCUT2D eigenvalue weighted by Crippen LogP contribution is -2.47. The first-order valence-corrected chi connectivity index (χ1v) is 10.6. The number of aromatic amines is 1. The van der Waals surface area contributed by atoms with Crippen LogP contribution in [0.1, 0.15) is 38.1 Å². The van der Waals surface area contributed by atoms with Gasteiger partial charge < -0.3 is 26.0 Å². The van der Waals surface area contributed by atoms with E-state index in [2.05, 4.69) is 21.0 Å². The van der Waals surface area contributed by atoms with Gasteiger partial charge in [0.05, 0.1) is 11.3 Å². The van der Waals surface area contributed by atoms with Crippen LogP contribution in [0.15, 0.2) is 27.8 Å². The van der Waals surface area contributed by atoms with E-state index in [1.165, 1.54) is 30.1 Å². The molecule has 11 nitrogen and oxygen atoms in total. The molecule has 5 N–H and O–H groups in total. The summed E-state index contributed by atoms with van der Waals surface area (Å²) in [6, 6.07) is 3.52. The lowest BCUT2D eigenvalue weighted by molar-refractivity contribution is -0.123. The zero-order chi connectivity index (χ0) is 25.0. The van der Waals surface area contributed by atoms with Crippen molar-refractivity contribution >= 4 is 28.9 Å². The van der Waals surface area contributed by atoms with E-state index in [1.54, 1.807) is 14.1 Å². The highest BCUT2D eigenvalue weighted by atomic mass is 16.3. The Hall–Kier alpha value is -3.76. The van der Waals surface area contributed by atoms with Crippen LogP contribution < -0.4 is 27.1 Å². The number of H-pyrrole nitrogens is 1. The molecule has 0 fully saturated rings. The quantitative estimate of drug-likeness (QED) is 0.372. The smallest absolute Gasteiger partial charge is 0.290 e. The molecule has 0 spiro atoms. The van der Waals surface area contributed by atoms with Crippen molar-refractivity contribution in [2.45, 2.75) is 39.8 Å². The first-order chi connectivity index (χ1) is 15.3. The summed E-state index contributed by atoms with van der Waals surface area (Å²) in [4.78, 5) is 52.1. The van der Waals surface area contributed by atoms with E-state index < -0.39 is 23.1 Å². The van der Waals surface area contributed by atoms with Crippen LogP contribution in [-0.2, 0) is 11.8 Å². The molecule has 0 saturated heterocycles. The molecule has 0 bridgehead atoms. The summed E-state index contributed by atoms with van der Waals surface area (Å²) in [7, 11) is 4.47. The molecule has 0 aliphatic heterocycles. The van der Waals surface area contributed by atoms with Crippen LogP contribution in [-0.4, -0.2) is 57.8 Å². The van der Waals surface area contributed by atoms with E-state index >= 15 is 0 Å². The predicted molar refractivity (Wildman–Crippen MR) is 127 cm³/mol. The highest BCUT2D eigenvalue weighted by Crippen LogP contribution is 2.31. The molecule has 1 atom stereocenters. The van der Waals surface area contributed by atoms with Gasteiger partial charge in [0, 0.05) is 27.2 Å². The molecular formula is C22H32N6O5. The Morgan fingerprint density at radius 2 is 1.73 bits per heavy atom. The van der Waals surface area contributed by atoms with E-state index in [0.717, 1.165) is 4.68 Å². The van der Waals surface area contributed by atoms with Gasteiger partial charge in [0.2, 0.25) is 5.91 Å². The van der Waals surface area contributed by atoms with Gasteiger partial charge in [-0.2, -0.15) is 0 Å². The highest BCUT2D eigenvalue weighted by molar-refractivity contribution is 5.99. The Kier molecular flexibility index (Phi) is 7.91. The van der Waals surface area contributed by atoms with Crippen LogP contribution >= 0.6 is 0 Å². The Balaban J connectivity index is 2.59. The van der Waals surface area contributed by atoms with Crippen LogP contribution in [0.4, 0.5) is 17.1 Å². The standard InChI is InChI=1S/C22H32N6O5/c1-11(2)15(19(30)23-12(3)4)25-17-16(20(31)26-28(7)22(17)33)24-14-10-8-9-13(18(14)29)21(32)27(5)6/h8-12,15,24-25,29H,1-7H3,(H,23,30)(H,26,31)/t15-/m1/s1. The molecule has 2 aromatic rings. The highest BCUT2D eigenvalue weighted by Gasteiger charge is 2.27. The van der Waals surface area contributed by atoms with Crippen molar-refractivity contribution in [2.24, 2.45) is 13.0 Å². The number of aryl methyl sites for hydroxylation is 1. The molecule has 2 amide bonds. The zero-order valence-corrected chi connectivity index (χ0v) is 19.9. The number of phenolic OH excluding ortho intramolecular Hbond substituents is 1. The Morgan fingerprint density at radius 1 is 1.09 bits per heavy atom. The van der Waals surface area contributed by atoms with Crippen molar-refractivity contribution < 1.29 is 14.7 Å². The molecule has 0 aliphatic carbocycles. The van der Waals surface area contributed by atoms with E-state index in [4.69, 9.17) is 0 Å². The second kappa shape index (κ2) is 10.2. The number of hydrogen-bond donors (Lipinski definition) is 5. The Morgan fingerprint density at radius 3 is 2.27 bits per heavy atom. The van der Waals surface area contributed by atoms with Gasteiger partial charge in [-0.1, -0.05) is 19.9 Å². The van der Waals surface area contributed by atoms with Crippen molar-refractivity contribution in [3.05, 3.63) is 44.5 Å². The van der Waals surface area contributed by atoms with Crippen molar-refractivity contribution in [1.82, 2.24) is 20.0 Å². The fraction of sp³-hybridized carbons (Fsp3) is 0.455. The molecule has 0 radical (unpaired) electrons. The number of para-hydroxylation sites is 1. The van der Waals surface area contributed by atoms with Gasteiger partial charge in [-0.3, -0.25) is 29.0 Å². The maximum absolute atomic E-state index is 12.9. The average Bonchev–Trinajstić information content (AvgIpc) is 2.71. The fourth-order valence-electron chi connectivity index (χ4n) is 3.16. The van der Waals surface area contributed by atoms with Crippen molar-refractivity contribution in [2.75, 3.05) is 24.7 Å². The summed E-state index contributed by atoms with van der Waals surface area (Å²) in [5, 5.41) is 21.5. The molecular weight excluding hydrogens is 428 g/mol. The number of nitrogens with zero attached hydrogens (tertiary/aromatic N) is 2. The number of benzene rings is 1. The number of rotatable bonds is 8. The minimum atomic E-state index is -0.808. The third kappa shape index (κ3) is 5.73. The van der Waals surface area contributed by atoms with E-state index in [9.17, 15) is 24.3 Å². The SMILES string of the molecule is CC(C)NC(=O)[C@H](Nc1c(Nc2cccc(C(=O)N(C)C)c2O)c(=O)[nH]n(C)c1=O)C(C)C. The maximum atomic E-state index is 12.9. The number of carbonyl (C=O) groups is 2. The third-order valence-corrected chi connectivity index (χ3v) is 4.88. The van der Waals surface area contributed by atoms with Gasteiger partial charge in [-0.05, 0) is 31.9 Å². The molecule has 1 heterocycles. The molecule has 11 heteroatoms. The largest absolute Gasteiger partial charge is 0.505 e. The number of carbonyl (C=O) groups excluding carboxylic acids is 2. The molecule has 1 aromatic carbocycles. The van der Waals surface area contributed by atoms with Crippen LogP contribution in [0, 0.1) is 5.92 Å².